The van der Waals surface area contributed by atoms with Crippen LogP contribution in [0.25, 0.3) is 11.4 Å². The maximum atomic E-state index is 11.3. The van der Waals surface area contributed by atoms with Crippen molar-refractivity contribution in [3.8, 4) is 11.4 Å². The summed E-state index contributed by atoms with van der Waals surface area (Å²) in [5.74, 6) is -0.598. The average Bonchev–Trinajstić information content (AvgIpc) is 2.47. The van der Waals surface area contributed by atoms with E-state index in [-0.39, 0.29) is 5.69 Å². The molecule has 2 N–H and O–H groups in total. The molecule has 96 valence electrons. The fourth-order valence-corrected chi connectivity index (χ4v) is 2.14. The summed E-state index contributed by atoms with van der Waals surface area (Å²) in [6, 6.07) is 3.60. The van der Waals surface area contributed by atoms with Crippen LogP contribution in [0.1, 0.15) is 21.7 Å². The van der Waals surface area contributed by atoms with Gasteiger partial charge in [0.25, 0.3) is 0 Å². The van der Waals surface area contributed by atoms with E-state index < -0.39 is 5.97 Å². The number of aromatic nitrogens is 3. The molecule has 0 amide bonds. The molecule has 6 heteroatoms. The van der Waals surface area contributed by atoms with Gasteiger partial charge in [0.05, 0.1) is 5.69 Å². The van der Waals surface area contributed by atoms with Crippen LogP contribution in [-0.4, -0.2) is 32.6 Å². The van der Waals surface area contributed by atoms with Crippen LogP contribution in [0.5, 0.6) is 0 Å². The molecule has 0 atom stereocenters. The number of carbonyl (C=O) groups is 1. The van der Waals surface area contributed by atoms with Crippen LogP contribution in [-0.2, 0) is 13.0 Å². The number of hydrogen-bond donors (Lipinski definition) is 2. The highest BCUT2D eigenvalue weighted by Gasteiger charge is 2.21. The number of aromatic carboxylic acids is 1. The van der Waals surface area contributed by atoms with Crippen molar-refractivity contribution in [3.63, 3.8) is 0 Å². The first kappa shape index (κ1) is 11.7. The van der Waals surface area contributed by atoms with Crippen LogP contribution >= 0.6 is 0 Å². The molecule has 19 heavy (non-hydrogen) atoms. The molecule has 3 rings (SSSR count). The number of pyridine rings is 1. The number of carboxylic acid groups (broad SMARTS) is 1. The largest absolute Gasteiger partial charge is 0.476 e. The smallest absolute Gasteiger partial charge is 0.354 e. The number of nitrogens with zero attached hydrogens (tertiary/aromatic N) is 3. The van der Waals surface area contributed by atoms with E-state index in [0.717, 1.165) is 17.8 Å². The lowest BCUT2D eigenvalue weighted by Gasteiger charge is -2.18. The highest BCUT2D eigenvalue weighted by atomic mass is 16.4. The predicted octanol–water partition coefficient (Wildman–Crippen LogP) is 0.882. The first-order valence-corrected chi connectivity index (χ1v) is 6.00. The highest BCUT2D eigenvalue weighted by Crippen LogP contribution is 2.21. The molecule has 0 fully saturated rings. The molecule has 3 heterocycles. The Hall–Kier alpha value is -2.34. The number of nitrogens with one attached hydrogen (secondary N) is 1. The Morgan fingerprint density at radius 2 is 2.26 bits per heavy atom. The number of rotatable bonds is 2. The molecular weight excluding hydrogens is 244 g/mol. The summed E-state index contributed by atoms with van der Waals surface area (Å²) in [7, 11) is 0. The Kier molecular flexibility index (Phi) is 2.92. The minimum absolute atomic E-state index is 0.0797. The lowest BCUT2D eigenvalue weighted by molar-refractivity contribution is 0.0688. The average molecular weight is 256 g/mol. The number of hydrogen-bond acceptors (Lipinski definition) is 5. The van der Waals surface area contributed by atoms with Gasteiger partial charge in [-0.1, -0.05) is 0 Å². The molecule has 2 aromatic heterocycles. The Morgan fingerprint density at radius 1 is 1.37 bits per heavy atom. The minimum Gasteiger partial charge on any atom is -0.476 e. The zero-order valence-corrected chi connectivity index (χ0v) is 10.1. The van der Waals surface area contributed by atoms with Crippen molar-refractivity contribution < 1.29 is 9.90 Å². The van der Waals surface area contributed by atoms with Gasteiger partial charge >= 0.3 is 5.97 Å². The SMILES string of the molecule is O=C(O)c1nc(-c2cccnc2)nc2c1CNCC2. The summed E-state index contributed by atoms with van der Waals surface area (Å²) >= 11 is 0. The molecule has 2 aromatic rings. The van der Waals surface area contributed by atoms with Crippen LogP contribution in [0.2, 0.25) is 0 Å². The summed E-state index contributed by atoms with van der Waals surface area (Å²) < 4.78 is 0. The maximum absolute atomic E-state index is 11.3. The van der Waals surface area contributed by atoms with Crippen LogP contribution in [0.4, 0.5) is 0 Å². The van der Waals surface area contributed by atoms with Gasteiger partial charge in [-0.3, -0.25) is 4.98 Å². The molecule has 0 unspecified atom stereocenters. The lowest BCUT2D eigenvalue weighted by Crippen LogP contribution is -2.28. The topological polar surface area (TPSA) is 88.0 Å². The first-order valence-electron chi connectivity index (χ1n) is 6.00. The van der Waals surface area contributed by atoms with E-state index in [4.69, 9.17) is 0 Å². The Balaban J connectivity index is 2.17. The van der Waals surface area contributed by atoms with E-state index in [0.29, 0.717) is 24.4 Å². The summed E-state index contributed by atoms with van der Waals surface area (Å²) in [5.41, 5.74) is 2.30. The summed E-state index contributed by atoms with van der Waals surface area (Å²) in [6.07, 6.45) is 4.00. The second-order valence-corrected chi connectivity index (χ2v) is 4.29. The molecule has 0 radical (unpaired) electrons. The molecule has 1 aliphatic heterocycles. The van der Waals surface area contributed by atoms with Crippen LogP contribution in [0.15, 0.2) is 24.5 Å². The van der Waals surface area contributed by atoms with E-state index in [9.17, 15) is 9.90 Å². The molecule has 0 bridgehead atoms. The van der Waals surface area contributed by atoms with Gasteiger partial charge in [0, 0.05) is 43.0 Å². The monoisotopic (exact) mass is 256 g/mol. The normalized spacial score (nSPS) is 13.9. The fourth-order valence-electron chi connectivity index (χ4n) is 2.14. The van der Waals surface area contributed by atoms with Crippen LogP contribution < -0.4 is 5.32 Å². The molecule has 0 saturated carbocycles. The van der Waals surface area contributed by atoms with Crippen molar-refractivity contribution in [2.45, 2.75) is 13.0 Å². The van der Waals surface area contributed by atoms with Gasteiger partial charge in [-0.15, -0.1) is 0 Å². The minimum atomic E-state index is -1.02. The molecule has 0 saturated heterocycles. The third-order valence-electron chi connectivity index (χ3n) is 3.06. The standard InChI is InChI=1S/C13H12N4O2/c18-13(19)11-9-7-15-5-3-10(9)16-12(17-11)8-2-1-4-14-6-8/h1-2,4,6,15H,3,5,7H2,(H,18,19). The van der Waals surface area contributed by atoms with E-state index in [2.05, 4.69) is 20.3 Å². The number of carboxylic acids is 1. The van der Waals surface area contributed by atoms with Gasteiger partial charge in [0.2, 0.25) is 0 Å². The van der Waals surface area contributed by atoms with Crippen molar-refractivity contribution in [3.05, 3.63) is 41.5 Å². The quantitative estimate of drug-likeness (QED) is 0.829. The van der Waals surface area contributed by atoms with Gasteiger partial charge in [-0.05, 0) is 12.1 Å². The van der Waals surface area contributed by atoms with Crippen molar-refractivity contribution in [2.75, 3.05) is 6.54 Å². The second kappa shape index (κ2) is 4.74. The van der Waals surface area contributed by atoms with Crippen molar-refractivity contribution >= 4 is 5.97 Å². The maximum Gasteiger partial charge on any atom is 0.354 e. The molecular formula is C13H12N4O2. The van der Waals surface area contributed by atoms with Crippen molar-refractivity contribution in [2.24, 2.45) is 0 Å². The van der Waals surface area contributed by atoms with Crippen molar-refractivity contribution in [1.82, 2.24) is 20.3 Å². The first-order chi connectivity index (χ1) is 9.25. The third kappa shape index (κ3) is 2.17. The van der Waals surface area contributed by atoms with Gasteiger partial charge in [-0.2, -0.15) is 0 Å². The third-order valence-corrected chi connectivity index (χ3v) is 3.06. The van der Waals surface area contributed by atoms with Crippen molar-refractivity contribution in [1.29, 1.82) is 0 Å². The second-order valence-electron chi connectivity index (χ2n) is 4.29. The summed E-state index contributed by atoms with van der Waals surface area (Å²) in [5, 5.41) is 12.4. The lowest BCUT2D eigenvalue weighted by atomic mass is 10.0. The van der Waals surface area contributed by atoms with E-state index in [1.807, 2.05) is 6.07 Å². The Bertz CT molecular complexity index is 628. The van der Waals surface area contributed by atoms with Crippen LogP contribution in [0.3, 0.4) is 0 Å². The molecule has 0 spiro atoms. The van der Waals surface area contributed by atoms with E-state index in [1.54, 1.807) is 18.5 Å². The predicted molar refractivity (Wildman–Crippen MR) is 67.6 cm³/mol. The Morgan fingerprint density at radius 3 is 3.00 bits per heavy atom. The zero-order chi connectivity index (χ0) is 13.2. The van der Waals surface area contributed by atoms with E-state index >= 15 is 0 Å². The molecule has 0 aliphatic carbocycles. The fraction of sp³-hybridized carbons (Fsp3) is 0.231. The zero-order valence-electron chi connectivity index (χ0n) is 10.1. The summed E-state index contributed by atoms with van der Waals surface area (Å²) in [4.78, 5) is 24.0. The van der Waals surface area contributed by atoms with Gasteiger partial charge < -0.3 is 10.4 Å². The van der Waals surface area contributed by atoms with Gasteiger partial charge in [0.1, 0.15) is 0 Å². The molecule has 6 nitrogen and oxygen atoms in total. The molecule has 1 aliphatic rings. The van der Waals surface area contributed by atoms with Gasteiger partial charge in [-0.25, -0.2) is 14.8 Å². The van der Waals surface area contributed by atoms with E-state index in [1.165, 1.54) is 0 Å². The Labute approximate surface area is 109 Å². The summed E-state index contributed by atoms with van der Waals surface area (Å²) in [6.45, 7) is 1.31. The van der Waals surface area contributed by atoms with Crippen LogP contribution in [0, 0.1) is 0 Å². The van der Waals surface area contributed by atoms with Gasteiger partial charge in [0.15, 0.2) is 11.5 Å². The highest BCUT2D eigenvalue weighted by molar-refractivity contribution is 5.88. The molecule has 0 aromatic carbocycles. The number of fused-ring (bicyclic) bond motifs is 1.